The monoisotopic (exact) mass is 568 g/mol. The molecule has 0 aliphatic rings. The molecular weight excluding hydrogens is 506 g/mol. The Kier molecular flexibility index (Phi) is 26.0. The van der Waals surface area contributed by atoms with Gasteiger partial charge in [-0.1, -0.05) is 96.1 Å². The Labute approximate surface area is 245 Å². The van der Waals surface area contributed by atoms with E-state index >= 15 is 0 Å². The van der Waals surface area contributed by atoms with Crippen LogP contribution >= 0.6 is 0 Å². The second-order valence-corrected chi connectivity index (χ2v) is 11.7. The Morgan fingerprint density at radius 2 is 0.750 bits per heavy atom. The fraction of sp³-hybridized carbons (Fsp3) is 0.848. The highest BCUT2D eigenvalue weighted by molar-refractivity contribution is 5.67. The van der Waals surface area contributed by atoms with Gasteiger partial charge in [-0.25, -0.2) is 0 Å². The van der Waals surface area contributed by atoms with Gasteiger partial charge < -0.3 is 19.8 Å². The minimum Gasteiger partial charge on any atom is -0.481 e. The number of carbonyl (C=O) groups is 3. The standard InChI is InChI=1S/C33H61NO6/c1-2-3-4-5-6-7-8-9-10-11-12-13-14-15-16-17-18-19-20-27-34(28-21-24-31(35)36,29-22-25-32(37)38)30-23-26-33(39)40/h4-5H,2-3,6-30H2,1H3,(H2-,35,36,37,38,39,40)/p+1/b5-4+. The van der Waals surface area contributed by atoms with Gasteiger partial charge in [0.25, 0.3) is 0 Å². The summed E-state index contributed by atoms with van der Waals surface area (Å²) in [5.74, 6) is -2.47. The molecule has 234 valence electrons. The number of unbranched alkanes of at least 4 members (excludes halogenated alkanes) is 15. The molecule has 0 bridgehead atoms. The van der Waals surface area contributed by atoms with Crippen LogP contribution in [0.3, 0.4) is 0 Å². The molecule has 0 spiro atoms. The van der Waals surface area contributed by atoms with Crippen LogP contribution in [-0.4, -0.2) is 63.9 Å². The molecule has 0 unspecified atom stereocenters. The predicted molar refractivity (Wildman–Crippen MR) is 164 cm³/mol. The molecule has 0 saturated heterocycles. The lowest BCUT2D eigenvalue weighted by atomic mass is 10.0. The maximum absolute atomic E-state index is 11.1. The van der Waals surface area contributed by atoms with Gasteiger partial charge in [-0.3, -0.25) is 14.4 Å². The van der Waals surface area contributed by atoms with Gasteiger partial charge in [-0.05, 0) is 32.1 Å². The number of carboxylic acids is 3. The van der Waals surface area contributed by atoms with Crippen molar-refractivity contribution in [3.05, 3.63) is 12.2 Å². The summed E-state index contributed by atoms with van der Waals surface area (Å²) in [5.41, 5.74) is 0. The first kappa shape index (κ1) is 38.1. The molecule has 0 aliphatic heterocycles. The lowest BCUT2D eigenvalue weighted by Gasteiger charge is -2.39. The first-order valence-electron chi connectivity index (χ1n) is 16.5. The van der Waals surface area contributed by atoms with Crippen molar-refractivity contribution in [3.63, 3.8) is 0 Å². The van der Waals surface area contributed by atoms with Gasteiger partial charge in [0.05, 0.1) is 45.4 Å². The number of hydrogen-bond acceptors (Lipinski definition) is 3. The van der Waals surface area contributed by atoms with Crippen LogP contribution in [0, 0.1) is 0 Å². The summed E-state index contributed by atoms with van der Waals surface area (Å²) < 4.78 is 0.643. The van der Waals surface area contributed by atoms with Crippen molar-refractivity contribution >= 4 is 17.9 Å². The molecule has 0 atom stereocenters. The number of allylic oxidation sites excluding steroid dienone is 2. The van der Waals surface area contributed by atoms with E-state index in [1.165, 1.54) is 96.3 Å². The number of aliphatic carboxylic acids is 3. The fourth-order valence-corrected chi connectivity index (χ4v) is 5.60. The molecule has 0 aromatic carbocycles. The molecule has 0 aliphatic carbocycles. The van der Waals surface area contributed by atoms with Gasteiger partial charge in [0.2, 0.25) is 0 Å². The minimum atomic E-state index is -0.824. The van der Waals surface area contributed by atoms with Gasteiger partial charge in [0.1, 0.15) is 0 Å². The molecule has 0 amide bonds. The summed E-state index contributed by atoms with van der Waals surface area (Å²) in [5, 5.41) is 27.3. The maximum atomic E-state index is 11.1. The lowest BCUT2D eigenvalue weighted by molar-refractivity contribution is -0.929. The van der Waals surface area contributed by atoms with Crippen molar-refractivity contribution in [3.8, 4) is 0 Å². The van der Waals surface area contributed by atoms with Crippen molar-refractivity contribution in [2.45, 2.75) is 155 Å². The van der Waals surface area contributed by atoms with Crippen molar-refractivity contribution in [2.24, 2.45) is 0 Å². The van der Waals surface area contributed by atoms with Gasteiger partial charge in [0.15, 0.2) is 0 Å². The van der Waals surface area contributed by atoms with Crippen LogP contribution in [0.2, 0.25) is 0 Å². The van der Waals surface area contributed by atoms with Crippen LogP contribution in [0.1, 0.15) is 155 Å². The van der Waals surface area contributed by atoms with Crippen LogP contribution in [0.15, 0.2) is 12.2 Å². The summed E-state index contributed by atoms with van der Waals surface area (Å²) in [6.07, 6.45) is 28.3. The van der Waals surface area contributed by atoms with Gasteiger partial charge in [-0.15, -0.1) is 0 Å². The lowest BCUT2D eigenvalue weighted by Crippen LogP contribution is -2.51. The molecule has 0 aromatic heterocycles. The highest BCUT2D eigenvalue weighted by Crippen LogP contribution is 2.19. The Morgan fingerprint density at radius 1 is 0.450 bits per heavy atom. The number of nitrogens with zero attached hydrogens (tertiary/aromatic N) is 1. The Morgan fingerprint density at radius 3 is 1.10 bits per heavy atom. The highest BCUT2D eigenvalue weighted by Gasteiger charge is 2.27. The third-order valence-corrected chi connectivity index (χ3v) is 7.94. The Balaban J connectivity index is 4.10. The molecule has 7 nitrogen and oxygen atoms in total. The summed E-state index contributed by atoms with van der Waals surface area (Å²) >= 11 is 0. The Hall–Kier alpha value is -1.89. The van der Waals surface area contributed by atoms with E-state index in [2.05, 4.69) is 19.1 Å². The smallest absolute Gasteiger partial charge is 0.303 e. The van der Waals surface area contributed by atoms with E-state index in [4.69, 9.17) is 15.3 Å². The van der Waals surface area contributed by atoms with Crippen molar-refractivity contribution in [1.29, 1.82) is 0 Å². The zero-order chi connectivity index (χ0) is 29.7. The van der Waals surface area contributed by atoms with Crippen LogP contribution in [0.4, 0.5) is 0 Å². The Bertz CT molecular complexity index is 613. The van der Waals surface area contributed by atoms with Crippen molar-refractivity contribution in [1.82, 2.24) is 0 Å². The van der Waals surface area contributed by atoms with Gasteiger partial charge in [-0.2, -0.15) is 0 Å². The van der Waals surface area contributed by atoms with Gasteiger partial charge >= 0.3 is 17.9 Å². The molecule has 7 heteroatoms. The largest absolute Gasteiger partial charge is 0.481 e. The molecule has 40 heavy (non-hydrogen) atoms. The molecule has 0 rings (SSSR count). The quantitative estimate of drug-likeness (QED) is 0.0438. The molecule has 0 radical (unpaired) electrons. The molecule has 0 heterocycles. The van der Waals surface area contributed by atoms with Crippen LogP contribution < -0.4 is 0 Å². The first-order chi connectivity index (χ1) is 19.3. The third-order valence-electron chi connectivity index (χ3n) is 7.94. The molecule has 0 aromatic rings. The molecule has 3 N–H and O–H groups in total. The van der Waals surface area contributed by atoms with E-state index in [9.17, 15) is 14.4 Å². The van der Waals surface area contributed by atoms with Crippen LogP contribution in [0.5, 0.6) is 0 Å². The predicted octanol–water partition coefficient (Wildman–Crippen LogP) is 8.61. The maximum Gasteiger partial charge on any atom is 0.303 e. The highest BCUT2D eigenvalue weighted by atomic mass is 16.4. The minimum absolute atomic E-state index is 0.0921. The van der Waals surface area contributed by atoms with Crippen LogP contribution in [-0.2, 0) is 14.4 Å². The van der Waals surface area contributed by atoms with E-state index in [0.29, 0.717) is 43.4 Å². The summed E-state index contributed by atoms with van der Waals surface area (Å²) in [4.78, 5) is 33.2. The third kappa shape index (κ3) is 26.3. The van der Waals surface area contributed by atoms with E-state index < -0.39 is 17.9 Å². The second kappa shape index (κ2) is 27.3. The summed E-state index contributed by atoms with van der Waals surface area (Å²) in [6.45, 7) is 5.10. The normalized spacial score (nSPS) is 11.8. The fourth-order valence-electron chi connectivity index (χ4n) is 5.60. The SMILES string of the molecule is CCC/C=C/CCCCCCCCCCCCCCCC[N+](CCCC(=O)O)(CCCC(=O)O)CCCC(=O)O. The zero-order valence-electron chi connectivity index (χ0n) is 25.8. The second-order valence-electron chi connectivity index (χ2n) is 11.7. The van der Waals surface area contributed by atoms with E-state index in [1.807, 2.05) is 0 Å². The average molecular weight is 569 g/mol. The average Bonchev–Trinajstić information content (AvgIpc) is 2.89. The van der Waals surface area contributed by atoms with E-state index in [0.717, 1.165) is 19.4 Å². The number of quaternary nitrogens is 1. The molecule has 0 fully saturated rings. The zero-order valence-corrected chi connectivity index (χ0v) is 25.8. The van der Waals surface area contributed by atoms with E-state index in [-0.39, 0.29) is 19.3 Å². The molecule has 0 saturated carbocycles. The number of hydrogen-bond donors (Lipinski definition) is 3. The first-order valence-corrected chi connectivity index (χ1v) is 16.5. The topological polar surface area (TPSA) is 112 Å². The van der Waals surface area contributed by atoms with Crippen molar-refractivity contribution < 1.29 is 34.2 Å². The van der Waals surface area contributed by atoms with Gasteiger partial charge in [0, 0.05) is 19.3 Å². The van der Waals surface area contributed by atoms with Crippen molar-refractivity contribution in [2.75, 3.05) is 26.2 Å². The summed E-state index contributed by atoms with van der Waals surface area (Å²) in [6, 6.07) is 0. The number of rotatable bonds is 31. The van der Waals surface area contributed by atoms with E-state index in [1.54, 1.807) is 0 Å². The summed E-state index contributed by atoms with van der Waals surface area (Å²) in [7, 11) is 0. The molecular formula is C33H62NO6+. The van der Waals surface area contributed by atoms with Crippen LogP contribution in [0.25, 0.3) is 0 Å². The number of carboxylic acid groups (broad SMARTS) is 3.